The van der Waals surface area contributed by atoms with Gasteiger partial charge in [-0.1, -0.05) is 0 Å². The number of carbonyl (C=O) groups is 1. The second-order valence-electron chi connectivity index (χ2n) is 3.53. The Morgan fingerprint density at radius 1 is 1.40 bits per heavy atom. The smallest absolute Gasteiger partial charge is 0.341 e. The van der Waals surface area contributed by atoms with Gasteiger partial charge in [-0.15, -0.1) is 5.10 Å². The van der Waals surface area contributed by atoms with Crippen molar-refractivity contribution in [2.75, 3.05) is 0 Å². The molecule has 0 radical (unpaired) electrons. The van der Waals surface area contributed by atoms with E-state index in [0.717, 1.165) is 24.4 Å². The quantitative estimate of drug-likeness (QED) is 0.672. The summed E-state index contributed by atoms with van der Waals surface area (Å²) >= 11 is 0. The molecule has 1 aromatic carbocycles. The first-order chi connectivity index (χ1) is 9.49. The molecule has 20 heavy (non-hydrogen) atoms. The first kappa shape index (κ1) is 13.3. The zero-order chi connectivity index (χ0) is 14.7. The zero-order valence-electron chi connectivity index (χ0n) is 9.69. The molecule has 0 aliphatic rings. The predicted molar refractivity (Wildman–Crippen MR) is 62.1 cm³/mol. The van der Waals surface area contributed by atoms with Crippen LogP contribution in [0.1, 0.15) is 10.4 Å². The zero-order valence-corrected chi connectivity index (χ0v) is 9.69. The van der Waals surface area contributed by atoms with Gasteiger partial charge in [0.05, 0.1) is 17.2 Å². The lowest BCUT2D eigenvalue weighted by Gasteiger charge is -2.06. The van der Waals surface area contributed by atoms with Gasteiger partial charge in [0.25, 0.3) is 11.6 Å². The van der Waals surface area contributed by atoms with E-state index in [2.05, 4.69) is 10.2 Å². The molecule has 102 valence electrons. The van der Waals surface area contributed by atoms with Crippen LogP contribution >= 0.6 is 0 Å². The minimum atomic E-state index is -1.32. The SMILES string of the molecule is O=C(O)c1ccnnc1Oc1ccc([N+](=O)[O-])cc1F. The summed E-state index contributed by atoms with van der Waals surface area (Å²) in [5, 5.41) is 26.2. The number of aromatic carboxylic acids is 1. The number of halogens is 1. The number of carboxylic acid groups (broad SMARTS) is 1. The molecule has 8 nitrogen and oxygen atoms in total. The Morgan fingerprint density at radius 2 is 2.15 bits per heavy atom. The van der Waals surface area contributed by atoms with E-state index in [0.29, 0.717) is 6.07 Å². The van der Waals surface area contributed by atoms with Crippen molar-refractivity contribution in [2.45, 2.75) is 0 Å². The van der Waals surface area contributed by atoms with Crippen LogP contribution in [0.15, 0.2) is 30.5 Å². The third-order valence-corrected chi connectivity index (χ3v) is 2.25. The first-order valence-corrected chi connectivity index (χ1v) is 5.16. The number of nitro groups is 1. The van der Waals surface area contributed by atoms with Gasteiger partial charge in [-0.25, -0.2) is 9.18 Å². The summed E-state index contributed by atoms with van der Waals surface area (Å²) < 4.78 is 18.6. The molecule has 0 aliphatic heterocycles. The van der Waals surface area contributed by atoms with E-state index in [1.807, 2.05) is 0 Å². The van der Waals surface area contributed by atoms with Crippen LogP contribution < -0.4 is 4.74 Å². The third kappa shape index (κ3) is 2.66. The maximum Gasteiger partial charge on any atom is 0.341 e. The summed E-state index contributed by atoms with van der Waals surface area (Å²) in [6, 6.07) is 3.82. The standard InChI is InChI=1S/C11H6FN3O5/c12-8-5-6(15(18)19)1-2-9(8)20-10-7(11(16)17)3-4-13-14-10/h1-5H,(H,16,17). The number of benzene rings is 1. The number of ether oxygens (including phenoxy) is 1. The summed E-state index contributed by atoms with van der Waals surface area (Å²) in [5.41, 5.74) is -0.759. The van der Waals surface area contributed by atoms with Crippen LogP contribution in [-0.4, -0.2) is 26.2 Å². The molecule has 2 aromatic rings. The molecule has 0 bridgehead atoms. The van der Waals surface area contributed by atoms with Crippen LogP contribution in [0.25, 0.3) is 0 Å². The van der Waals surface area contributed by atoms with Crippen molar-refractivity contribution >= 4 is 11.7 Å². The summed E-state index contributed by atoms with van der Waals surface area (Å²) in [7, 11) is 0. The number of nitrogens with zero attached hydrogens (tertiary/aromatic N) is 3. The fourth-order valence-electron chi connectivity index (χ4n) is 1.35. The van der Waals surface area contributed by atoms with Crippen LogP contribution in [0.2, 0.25) is 0 Å². The Bertz CT molecular complexity index is 692. The average Bonchev–Trinajstić information content (AvgIpc) is 2.41. The predicted octanol–water partition coefficient (Wildman–Crippen LogP) is 2.01. The van der Waals surface area contributed by atoms with Crippen molar-refractivity contribution in [2.24, 2.45) is 0 Å². The van der Waals surface area contributed by atoms with E-state index in [1.165, 1.54) is 0 Å². The Kier molecular flexibility index (Phi) is 3.51. The number of nitro benzene ring substituents is 1. The van der Waals surface area contributed by atoms with Crippen molar-refractivity contribution in [1.82, 2.24) is 10.2 Å². The van der Waals surface area contributed by atoms with Crippen molar-refractivity contribution in [3.8, 4) is 11.6 Å². The molecule has 1 heterocycles. The number of hydrogen-bond donors (Lipinski definition) is 1. The van der Waals surface area contributed by atoms with Crippen molar-refractivity contribution in [1.29, 1.82) is 0 Å². The molecule has 0 atom stereocenters. The number of carboxylic acids is 1. The highest BCUT2D eigenvalue weighted by Crippen LogP contribution is 2.27. The Labute approximate surface area is 110 Å². The van der Waals surface area contributed by atoms with Crippen LogP contribution in [0.4, 0.5) is 10.1 Å². The first-order valence-electron chi connectivity index (χ1n) is 5.16. The molecule has 0 amide bonds. The molecule has 9 heteroatoms. The average molecular weight is 279 g/mol. The fraction of sp³-hybridized carbons (Fsp3) is 0. The highest BCUT2D eigenvalue weighted by Gasteiger charge is 2.17. The molecule has 0 saturated heterocycles. The lowest BCUT2D eigenvalue weighted by molar-refractivity contribution is -0.385. The molecule has 0 unspecified atom stereocenters. The molecule has 0 aliphatic carbocycles. The maximum atomic E-state index is 13.6. The number of rotatable bonds is 4. The third-order valence-electron chi connectivity index (χ3n) is 2.25. The lowest BCUT2D eigenvalue weighted by atomic mass is 10.3. The lowest BCUT2D eigenvalue weighted by Crippen LogP contribution is -2.03. The summed E-state index contributed by atoms with van der Waals surface area (Å²) in [6.07, 6.45) is 1.14. The van der Waals surface area contributed by atoms with Gasteiger partial charge in [0.1, 0.15) is 5.56 Å². The van der Waals surface area contributed by atoms with E-state index in [1.54, 1.807) is 0 Å². The molecule has 2 rings (SSSR count). The van der Waals surface area contributed by atoms with E-state index in [9.17, 15) is 19.3 Å². The van der Waals surface area contributed by atoms with Gasteiger partial charge >= 0.3 is 5.97 Å². The minimum Gasteiger partial charge on any atom is -0.477 e. The Hall–Kier alpha value is -3.10. The second-order valence-corrected chi connectivity index (χ2v) is 3.53. The topological polar surface area (TPSA) is 115 Å². The number of non-ortho nitro benzene ring substituents is 1. The summed E-state index contributed by atoms with van der Waals surface area (Å²) in [6.45, 7) is 0. The van der Waals surface area contributed by atoms with Gasteiger partial charge in [0.2, 0.25) is 0 Å². The highest BCUT2D eigenvalue weighted by atomic mass is 19.1. The summed E-state index contributed by atoms with van der Waals surface area (Å²) in [4.78, 5) is 20.6. The van der Waals surface area contributed by atoms with Crippen molar-refractivity contribution in [3.63, 3.8) is 0 Å². The van der Waals surface area contributed by atoms with E-state index in [4.69, 9.17) is 9.84 Å². The van der Waals surface area contributed by atoms with Crippen molar-refractivity contribution in [3.05, 3.63) is 52.0 Å². The monoisotopic (exact) mass is 279 g/mol. The van der Waals surface area contributed by atoms with Gasteiger partial charge < -0.3 is 9.84 Å². The number of hydrogen-bond acceptors (Lipinski definition) is 6. The van der Waals surface area contributed by atoms with Crippen LogP contribution in [-0.2, 0) is 0 Å². The summed E-state index contributed by atoms with van der Waals surface area (Å²) in [5.74, 6) is -3.13. The van der Waals surface area contributed by atoms with Crippen LogP contribution in [0.3, 0.4) is 0 Å². The van der Waals surface area contributed by atoms with Gasteiger partial charge in [-0.05, 0) is 12.1 Å². The largest absolute Gasteiger partial charge is 0.477 e. The van der Waals surface area contributed by atoms with Crippen LogP contribution in [0.5, 0.6) is 11.6 Å². The molecule has 1 N–H and O–H groups in total. The van der Waals surface area contributed by atoms with Crippen LogP contribution in [0, 0.1) is 15.9 Å². The molecular weight excluding hydrogens is 273 g/mol. The normalized spacial score (nSPS) is 10.1. The van der Waals surface area contributed by atoms with Gasteiger partial charge in [0.15, 0.2) is 11.6 Å². The fourth-order valence-corrected chi connectivity index (χ4v) is 1.35. The maximum absolute atomic E-state index is 13.6. The van der Waals surface area contributed by atoms with E-state index in [-0.39, 0.29) is 5.56 Å². The van der Waals surface area contributed by atoms with E-state index < -0.39 is 34.0 Å². The van der Waals surface area contributed by atoms with Gasteiger partial charge in [0, 0.05) is 6.07 Å². The molecule has 0 saturated carbocycles. The highest BCUT2D eigenvalue weighted by molar-refractivity contribution is 5.90. The molecule has 0 fully saturated rings. The molecule has 0 spiro atoms. The molecular formula is C11H6FN3O5. The van der Waals surface area contributed by atoms with Gasteiger partial charge in [-0.2, -0.15) is 5.10 Å². The van der Waals surface area contributed by atoms with Gasteiger partial charge in [-0.3, -0.25) is 10.1 Å². The van der Waals surface area contributed by atoms with E-state index >= 15 is 0 Å². The molecule has 1 aromatic heterocycles. The number of aromatic nitrogens is 2. The Balaban J connectivity index is 2.36. The second kappa shape index (κ2) is 5.26. The Morgan fingerprint density at radius 3 is 2.75 bits per heavy atom. The minimum absolute atomic E-state index is 0.308. The van der Waals surface area contributed by atoms with Crippen molar-refractivity contribution < 1.29 is 24.0 Å².